The molecule has 0 unspecified atom stereocenters. The van der Waals surface area contributed by atoms with Crippen LogP contribution >= 0.6 is 0 Å². The van der Waals surface area contributed by atoms with E-state index < -0.39 is 5.60 Å². The Morgan fingerprint density at radius 1 is 1.53 bits per heavy atom. The van der Waals surface area contributed by atoms with Crippen LogP contribution in [-0.4, -0.2) is 41.7 Å². The van der Waals surface area contributed by atoms with E-state index in [0.29, 0.717) is 30.1 Å². The number of methoxy groups -OCH3 is 1. The molecule has 0 saturated carbocycles. The Morgan fingerprint density at radius 2 is 2.18 bits per heavy atom. The summed E-state index contributed by atoms with van der Waals surface area (Å²) in [7, 11) is 1.51. The van der Waals surface area contributed by atoms with Gasteiger partial charge in [-0.25, -0.2) is 0 Å². The number of carbonyl (C=O) groups excluding carboxylic acids is 1. The summed E-state index contributed by atoms with van der Waals surface area (Å²) in [5.74, 6) is 0.330. The maximum absolute atomic E-state index is 12.1. The van der Waals surface area contributed by atoms with Crippen LogP contribution in [0.15, 0.2) is 18.2 Å². The fourth-order valence-corrected chi connectivity index (χ4v) is 1.98. The molecule has 5 nitrogen and oxygen atoms in total. The van der Waals surface area contributed by atoms with Crippen molar-refractivity contribution in [2.24, 2.45) is 0 Å². The quantitative estimate of drug-likeness (QED) is 0.732. The van der Waals surface area contributed by atoms with E-state index in [1.807, 2.05) is 0 Å². The molecular formula is C12H16N2O3. The predicted molar refractivity (Wildman–Crippen MR) is 63.9 cm³/mol. The number of nitrogens with two attached hydrogens (primary N) is 1. The molecule has 2 rings (SSSR count). The molecule has 0 aliphatic carbocycles. The van der Waals surface area contributed by atoms with Crippen LogP contribution in [-0.2, 0) is 0 Å². The third-order valence-electron chi connectivity index (χ3n) is 2.80. The van der Waals surface area contributed by atoms with Crippen molar-refractivity contribution >= 4 is 11.6 Å². The SMILES string of the molecule is COc1ccc(N)cc1C(=O)N1CC(C)(O)C1. The lowest BCUT2D eigenvalue weighted by Crippen LogP contribution is -2.61. The zero-order valence-corrected chi connectivity index (χ0v) is 9.93. The number of hydrogen-bond acceptors (Lipinski definition) is 4. The minimum atomic E-state index is -0.775. The van der Waals surface area contributed by atoms with E-state index in [4.69, 9.17) is 10.5 Å². The molecule has 17 heavy (non-hydrogen) atoms. The lowest BCUT2D eigenvalue weighted by Gasteiger charge is -2.44. The standard InChI is InChI=1S/C12H16N2O3/c1-12(16)6-14(7-12)11(15)9-5-8(13)3-4-10(9)17-2/h3-5,16H,6-7,13H2,1-2H3. The first-order valence-electron chi connectivity index (χ1n) is 5.38. The van der Waals surface area contributed by atoms with Crippen LogP contribution in [0.25, 0.3) is 0 Å². The smallest absolute Gasteiger partial charge is 0.257 e. The molecule has 0 radical (unpaired) electrons. The number of likely N-dealkylation sites (tertiary alicyclic amines) is 1. The first kappa shape index (κ1) is 11.7. The number of nitrogen functional groups attached to an aromatic ring is 1. The first-order chi connectivity index (χ1) is 7.93. The molecule has 0 spiro atoms. The van der Waals surface area contributed by atoms with Gasteiger partial charge in [0.2, 0.25) is 0 Å². The summed E-state index contributed by atoms with van der Waals surface area (Å²) in [6.45, 7) is 2.38. The van der Waals surface area contributed by atoms with Crippen LogP contribution in [0.2, 0.25) is 0 Å². The Kier molecular flexibility index (Phi) is 2.71. The maximum atomic E-state index is 12.1. The maximum Gasteiger partial charge on any atom is 0.257 e. The summed E-state index contributed by atoms with van der Waals surface area (Å²) in [4.78, 5) is 13.7. The minimum absolute atomic E-state index is 0.166. The molecule has 92 valence electrons. The number of aliphatic hydroxyl groups is 1. The van der Waals surface area contributed by atoms with Crippen LogP contribution in [0.4, 0.5) is 5.69 Å². The highest BCUT2D eigenvalue weighted by Crippen LogP contribution is 2.27. The Morgan fingerprint density at radius 3 is 2.71 bits per heavy atom. The minimum Gasteiger partial charge on any atom is -0.496 e. The van der Waals surface area contributed by atoms with Crippen molar-refractivity contribution in [3.05, 3.63) is 23.8 Å². The second-order valence-electron chi connectivity index (χ2n) is 4.62. The number of rotatable bonds is 2. The molecule has 0 atom stereocenters. The van der Waals surface area contributed by atoms with Gasteiger partial charge in [0, 0.05) is 5.69 Å². The number of β-amino-alcohol motifs (C(OH)–C–C–N with tert-alkyl or cyclic N) is 1. The largest absolute Gasteiger partial charge is 0.496 e. The molecule has 5 heteroatoms. The van der Waals surface area contributed by atoms with Crippen molar-refractivity contribution in [2.45, 2.75) is 12.5 Å². The van der Waals surface area contributed by atoms with Gasteiger partial charge in [-0.3, -0.25) is 4.79 Å². The summed E-state index contributed by atoms with van der Waals surface area (Å²) in [6.07, 6.45) is 0. The van der Waals surface area contributed by atoms with Gasteiger partial charge in [-0.1, -0.05) is 0 Å². The Balaban J connectivity index is 2.22. The van der Waals surface area contributed by atoms with E-state index in [2.05, 4.69) is 0 Å². The molecule has 1 heterocycles. The van der Waals surface area contributed by atoms with E-state index in [0.717, 1.165) is 0 Å². The van der Waals surface area contributed by atoms with Crippen molar-refractivity contribution in [3.63, 3.8) is 0 Å². The summed E-state index contributed by atoms with van der Waals surface area (Å²) in [5, 5.41) is 9.61. The fraction of sp³-hybridized carbons (Fsp3) is 0.417. The van der Waals surface area contributed by atoms with Crippen LogP contribution in [0.1, 0.15) is 17.3 Å². The van der Waals surface area contributed by atoms with Crippen molar-refractivity contribution in [3.8, 4) is 5.75 Å². The zero-order chi connectivity index (χ0) is 12.6. The second-order valence-corrected chi connectivity index (χ2v) is 4.62. The number of carbonyl (C=O) groups is 1. The number of amides is 1. The molecule has 1 aromatic rings. The fourth-order valence-electron chi connectivity index (χ4n) is 1.98. The van der Waals surface area contributed by atoms with Crippen molar-refractivity contribution in [1.29, 1.82) is 0 Å². The number of ether oxygens (including phenoxy) is 1. The van der Waals surface area contributed by atoms with Crippen LogP contribution < -0.4 is 10.5 Å². The van der Waals surface area contributed by atoms with Gasteiger partial charge < -0.3 is 20.5 Å². The first-order valence-corrected chi connectivity index (χ1v) is 5.38. The summed E-state index contributed by atoms with van der Waals surface area (Å²) in [6, 6.07) is 4.94. The molecular weight excluding hydrogens is 220 g/mol. The molecule has 0 aromatic heterocycles. The highest BCUT2D eigenvalue weighted by molar-refractivity contribution is 5.98. The van der Waals surface area contributed by atoms with E-state index in [1.165, 1.54) is 7.11 Å². The average molecular weight is 236 g/mol. The highest BCUT2D eigenvalue weighted by Gasteiger charge is 2.40. The van der Waals surface area contributed by atoms with Crippen LogP contribution in [0, 0.1) is 0 Å². The molecule has 1 aromatic carbocycles. The second kappa shape index (κ2) is 3.92. The number of benzene rings is 1. The van der Waals surface area contributed by atoms with Gasteiger partial charge >= 0.3 is 0 Å². The molecule has 0 bridgehead atoms. The predicted octanol–water partition coefficient (Wildman–Crippen LogP) is 0.484. The summed E-state index contributed by atoms with van der Waals surface area (Å²) < 4.78 is 5.13. The van der Waals surface area contributed by atoms with Gasteiger partial charge in [-0.05, 0) is 25.1 Å². The summed E-state index contributed by atoms with van der Waals surface area (Å²) >= 11 is 0. The monoisotopic (exact) mass is 236 g/mol. The van der Waals surface area contributed by atoms with E-state index in [1.54, 1.807) is 30.0 Å². The Bertz CT molecular complexity index is 449. The van der Waals surface area contributed by atoms with E-state index in [-0.39, 0.29) is 5.91 Å². The van der Waals surface area contributed by atoms with Crippen LogP contribution in [0.5, 0.6) is 5.75 Å². The van der Waals surface area contributed by atoms with Gasteiger partial charge in [-0.2, -0.15) is 0 Å². The van der Waals surface area contributed by atoms with E-state index in [9.17, 15) is 9.90 Å². The number of nitrogens with zero attached hydrogens (tertiary/aromatic N) is 1. The zero-order valence-electron chi connectivity index (χ0n) is 9.93. The highest BCUT2D eigenvalue weighted by atomic mass is 16.5. The van der Waals surface area contributed by atoms with Gasteiger partial charge in [-0.15, -0.1) is 0 Å². The van der Waals surface area contributed by atoms with Gasteiger partial charge in [0.05, 0.1) is 31.4 Å². The average Bonchev–Trinajstić information content (AvgIpc) is 2.24. The van der Waals surface area contributed by atoms with Crippen molar-refractivity contribution in [1.82, 2.24) is 4.90 Å². The number of hydrogen-bond donors (Lipinski definition) is 2. The third kappa shape index (κ3) is 2.19. The van der Waals surface area contributed by atoms with E-state index >= 15 is 0 Å². The Hall–Kier alpha value is -1.75. The van der Waals surface area contributed by atoms with Gasteiger partial charge in [0.25, 0.3) is 5.91 Å². The van der Waals surface area contributed by atoms with Crippen molar-refractivity contribution in [2.75, 3.05) is 25.9 Å². The molecule has 1 amide bonds. The summed E-state index contributed by atoms with van der Waals surface area (Å²) in [5.41, 5.74) is 5.83. The molecule has 1 aliphatic rings. The normalized spacial score (nSPS) is 17.5. The molecule has 1 fully saturated rings. The van der Waals surface area contributed by atoms with Gasteiger partial charge in [0.1, 0.15) is 5.75 Å². The van der Waals surface area contributed by atoms with Gasteiger partial charge in [0.15, 0.2) is 0 Å². The number of anilines is 1. The van der Waals surface area contributed by atoms with Crippen LogP contribution in [0.3, 0.4) is 0 Å². The van der Waals surface area contributed by atoms with Crippen molar-refractivity contribution < 1.29 is 14.6 Å². The molecule has 1 aliphatic heterocycles. The Labute approximate surface area is 99.8 Å². The lowest BCUT2D eigenvalue weighted by molar-refractivity contribution is -0.0669. The lowest BCUT2D eigenvalue weighted by atomic mass is 9.95. The third-order valence-corrected chi connectivity index (χ3v) is 2.80. The topological polar surface area (TPSA) is 75.8 Å². The molecule has 1 saturated heterocycles. The molecule has 3 N–H and O–H groups in total.